The Bertz CT molecular complexity index is 466. The number of hydrogen-bond donors (Lipinski definition) is 0. The van der Waals surface area contributed by atoms with Crippen LogP contribution in [0.25, 0.3) is 0 Å². The molecular weight excluding hydrogens is 272 g/mol. The van der Waals surface area contributed by atoms with E-state index in [0.717, 1.165) is 24.3 Å². The molecule has 1 aromatic rings. The van der Waals surface area contributed by atoms with Gasteiger partial charge in [-0.05, 0) is 17.7 Å². The zero-order valence-electron chi connectivity index (χ0n) is 7.50. The molecule has 0 N–H and O–H groups in total. The van der Waals surface area contributed by atoms with Gasteiger partial charge >= 0.3 is 6.18 Å². The van der Waals surface area contributed by atoms with Crippen molar-refractivity contribution >= 4 is 19.7 Å². The van der Waals surface area contributed by atoms with E-state index in [4.69, 9.17) is 10.7 Å². The van der Waals surface area contributed by atoms with Gasteiger partial charge in [-0.15, -0.1) is 0 Å². The van der Waals surface area contributed by atoms with Gasteiger partial charge in [-0.3, -0.25) is 0 Å². The minimum Gasteiger partial charge on any atom is -0.232 e. The standard InChI is InChI=1S/C8H5ClF4O2S/c9-16(14,15)6-3-1-5(2-4-6)7(10)8(11,12)13/h1-4,7H. The largest absolute Gasteiger partial charge is 0.423 e. The lowest BCUT2D eigenvalue weighted by Gasteiger charge is -2.12. The summed E-state index contributed by atoms with van der Waals surface area (Å²) >= 11 is 0. The highest BCUT2D eigenvalue weighted by molar-refractivity contribution is 8.13. The van der Waals surface area contributed by atoms with E-state index in [1.54, 1.807) is 0 Å². The third-order valence-electron chi connectivity index (χ3n) is 1.74. The van der Waals surface area contributed by atoms with Crippen LogP contribution in [0.4, 0.5) is 17.6 Å². The average Bonchev–Trinajstić information content (AvgIpc) is 2.14. The van der Waals surface area contributed by atoms with Crippen molar-refractivity contribution in [1.29, 1.82) is 0 Å². The Balaban J connectivity index is 3.05. The Labute approximate surface area is 93.3 Å². The molecule has 1 atom stereocenters. The molecule has 0 aliphatic carbocycles. The molecule has 16 heavy (non-hydrogen) atoms. The second-order valence-corrected chi connectivity index (χ2v) is 5.48. The number of halogens is 5. The summed E-state index contributed by atoms with van der Waals surface area (Å²) in [7, 11) is 0.924. The lowest BCUT2D eigenvalue weighted by atomic mass is 10.1. The topological polar surface area (TPSA) is 34.1 Å². The average molecular weight is 277 g/mol. The fourth-order valence-corrected chi connectivity index (χ4v) is 1.76. The van der Waals surface area contributed by atoms with Gasteiger partial charge in [-0.25, -0.2) is 12.8 Å². The van der Waals surface area contributed by atoms with E-state index < -0.39 is 27.0 Å². The molecule has 0 saturated heterocycles. The van der Waals surface area contributed by atoms with Gasteiger partial charge < -0.3 is 0 Å². The van der Waals surface area contributed by atoms with E-state index in [0.29, 0.717) is 0 Å². The van der Waals surface area contributed by atoms with Crippen LogP contribution in [0.3, 0.4) is 0 Å². The molecule has 0 spiro atoms. The summed E-state index contributed by atoms with van der Waals surface area (Å²) in [5, 5.41) is 0. The maximum absolute atomic E-state index is 12.8. The minimum absolute atomic E-state index is 0.382. The van der Waals surface area contributed by atoms with Crippen LogP contribution < -0.4 is 0 Å². The molecule has 2 nitrogen and oxygen atoms in total. The molecular formula is C8H5ClF4O2S. The summed E-state index contributed by atoms with van der Waals surface area (Å²) in [4.78, 5) is -0.382. The smallest absolute Gasteiger partial charge is 0.232 e. The van der Waals surface area contributed by atoms with E-state index >= 15 is 0 Å². The fourth-order valence-electron chi connectivity index (χ4n) is 0.988. The predicted octanol–water partition coefficient (Wildman–Crippen LogP) is 3.19. The molecule has 0 heterocycles. The molecule has 0 saturated carbocycles. The van der Waals surface area contributed by atoms with Crippen LogP contribution >= 0.6 is 10.7 Å². The Morgan fingerprint density at radius 2 is 1.56 bits per heavy atom. The number of alkyl halides is 4. The molecule has 1 unspecified atom stereocenters. The van der Waals surface area contributed by atoms with E-state index in [9.17, 15) is 26.0 Å². The van der Waals surface area contributed by atoms with E-state index in [2.05, 4.69) is 0 Å². The van der Waals surface area contributed by atoms with Crippen LogP contribution in [-0.2, 0) is 9.05 Å². The summed E-state index contributed by atoms with van der Waals surface area (Å²) in [5.74, 6) is 0. The molecule has 8 heteroatoms. The lowest BCUT2D eigenvalue weighted by Crippen LogP contribution is -2.16. The van der Waals surface area contributed by atoms with Gasteiger partial charge in [0.25, 0.3) is 9.05 Å². The van der Waals surface area contributed by atoms with Crippen LogP contribution in [0.15, 0.2) is 29.2 Å². The predicted molar refractivity (Wildman–Crippen MR) is 49.4 cm³/mol. The zero-order valence-corrected chi connectivity index (χ0v) is 9.07. The Morgan fingerprint density at radius 1 is 1.12 bits per heavy atom. The summed E-state index contributed by atoms with van der Waals surface area (Å²) < 4.78 is 70.1. The molecule has 0 bridgehead atoms. The summed E-state index contributed by atoms with van der Waals surface area (Å²) in [6.45, 7) is 0. The highest BCUT2D eigenvalue weighted by Gasteiger charge is 2.41. The number of hydrogen-bond acceptors (Lipinski definition) is 2. The fraction of sp³-hybridized carbons (Fsp3) is 0.250. The first kappa shape index (κ1) is 13.2. The number of benzene rings is 1. The second kappa shape index (κ2) is 4.21. The molecule has 0 fully saturated rings. The molecule has 1 rings (SSSR count). The first-order chi connectivity index (χ1) is 7.12. The van der Waals surface area contributed by atoms with Crippen molar-refractivity contribution in [3.8, 4) is 0 Å². The maximum Gasteiger partial charge on any atom is 0.423 e. The monoisotopic (exact) mass is 276 g/mol. The molecule has 1 aromatic carbocycles. The first-order valence-corrected chi connectivity index (χ1v) is 6.18. The van der Waals surface area contributed by atoms with Crippen LogP contribution in [0.1, 0.15) is 11.7 Å². The normalized spacial score (nSPS) is 14.8. The minimum atomic E-state index is -5.01. The van der Waals surface area contributed by atoms with E-state index in [1.807, 2.05) is 0 Å². The molecule has 0 radical (unpaired) electrons. The Hall–Kier alpha value is -0.820. The highest BCUT2D eigenvalue weighted by Crippen LogP contribution is 2.36. The van der Waals surface area contributed by atoms with Gasteiger partial charge in [0.1, 0.15) is 0 Å². The van der Waals surface area contributed by atoms with Crippen molar-refractivity contribution < 1.29 is 26.0 Å². The van der Waals surface area contributed by atoms with Gasteiger partial charge in [0.2, 0.25) is 6.17 Å². The van der Waals surface area contributed by atoms with Crippen LogP contribution in [0.2, 0.25) is 0 Å². The maximum atomic E-state index is 12.8. The SMILES string of the molecule is O=S(=O)(Cl)c1ccc(C(F)C(F)(F)F)cc1. The van der Waals surface area contributed by atoms with Crippen LogP contribution in [0, 0.1) is 0 Å². The molecule has 0 aromatic heterocycles. The highest BCUT2D eigenvalue weighted by atomic mass is 35.7. The number of rotatable bonds is 2. The van der Waals surface area contributed by atoms with Crippen LogP contribution in [-0.4, -0.2) is 14.6 Å². The van der Waals surface area contributed by atoms with Crippen molar-refractivity contribution in [3.63, 3.8) is 0 Å². The molecule has 0 aliphatic rings. The summed E-state index contributed by atoms with van der Waals surface area (Å²) in [6.07, 6.45) is -8.15. The van der Waals surface area contributed by atoms with Crippen molar-refractivity contribution in [1.82, 2.24) is 0 Å². The quantitative estimate of drug-likeness (QED) is 0.614. The van der Waals surface area contributed by atoms with Crippen LogP contribution in [0.5, 0.6) is 0 Å². The molecule has 90 valence electrons. The van der Waals surface area contributed by atoms with Gasteiger partial charge in [0.15, 0.2) is 0 Å². The zero-order chi connectivity index (χ0) is 12.6. The molecule has 0 aliphatic heterocycles. The van der Waals surface area contributed by atoms with Crippen molar-refractivity contribution in [2.24, 2.45) is 0 Å². The van der Waals surface area contributed by atoms with Gasteiger partial charge in [-0.1, -0.05) is 12.1 Å². The van der Waals surface area contributed by atoms with Gasteiger partial charge in [-0.2, -0.15) is 13.2 Å². The Kier molecular flexibility index (Phi) is 3.49. The van der Waals surface area contributed by atoms with Crippen molar-refractivity contribution in [2.75, 3.05) is 0 Å². The van der Waals surface area contributed by atoms with Gasteiger partial charge in [0, 0.05) is 10.7 Å². The van der Waals surface area contributed by atoms with Crippen molar-refractivity contribution in [2.45, 2.75) is 17.2 Å². The summed E-state index contributed by atoms with van der Waals surface area (Å²) in [6, 6.07) is 3.09. The second-order valence-electron chi connectivity index (χ2n) is 2.91. The molecule has 0 amide bonds. The Morgan fingerprint density at radius 3 is 1.88 bits per heavy atom. The van der Waals surface area contributed by atoms with E-state index in [1.165, 1.54) is 0 Å². The van der Waals surface area contributed by atoms with Crippen molar-refractivity contribution in [3.05, 3.63) is 29.8 Å². The van der Waals surface area contributed by atoms with Gasteiger partial charge in [0.05, 0.1) is 4.90 Å². The lowest BCUT2D eigenvalue weighted by molar-refractivity contribution is -0.182. The first-order valence-electron chi connectivity index (χ1n) is 3.88. The third kappa shape index (κ3) is 3.08. The van der Waals surface area contributed by atoms with E-state index in [-0.39, 0.29) is 4.90 Å². The third-order valence-corrected chi connectivity index (χ3v) is 3.11. The summed E-state index contributed by atoms with van der Waals surface area (Å²) in [5.41, 5.74) is -0.670.